The number of aryl methyl sites for hydroxylation is 1. The van der Waals surface area contributed by atoms with Gasteiger partial charge in [0.1, 0.15) is 0 Å². The van der Waals surface area contributed by atoms with E-state index in [1.54, 1.807) is 12.1 Å². The Morgan fingerprint density at radius 2 is 1.56 bits per heavy atom. The minimum Gasteiger partial charge on any atom is -0.465 e. The fraction of sp³-hybridized carbons (Fsp3) is 0.375. The van der Waals surface area contributed by atoms with Crippen LogP contribution in [0.1, 0.15) is 27.5 Å². The van der Waals surface area contributed by atoms with Crippen LogP contribution >= 0.6 is 0 Å². The van der Waals surface area contributed by atoms with Crippen LogP contribution in [0.5, 0.6) is 0 Å². The quantitative estimate of drug-likeness (QED) is 0.528. The number of carbonyl (C=O) groups excluding carboxylic acids is 3. The van der Waals surface area contributed by atoms with Gasteiger partial charge in [-0.15, -0.1) is 0 Å². The zero-order chi connectivity index (χ0) is 23.1. The summed E-state index contributed by atoms with van der Waals surface area (Å²) >= 11 is 0. The van der Waals surface area contributed by atoms with Gasteiger partial charge in [0.15, 0.2) is 0 Å². The molecule has 2 N–H and O–H groups in total. The van der Waals surface area contributed by atoms with Crippen molar-refractivity contribution in [1.82, 2.24) is 15.1 Å². The molecule has 1 fully saturated rings. The Bertz CT molecular complexity index is 935. The summed E-state index contributed by atoms with van der Waals surface area (Å²) in [5.41, 5.74) is 3.07. The summed E-state index contributed by atoms with van der Waals surface area (Å²) in [6.45, 7) is 6.07. The second-order valence-electron chi connectivity index (χ2n) is 8.00. The third-order valence-electron chi connectivity index (χ3n) is 5.67. The summed E-state index contributed by atoms with van der Waals surface area (Å²) in [7, 11) is 3.40. The van der Waals surface area contributed by atoms with Gasteiger partial charge in [0, 0.05) is 38.4 Å². The van der Waals surface area contributed by atoms with Gasteiger partial charge < -0.3 is 20.3 Å². The van der Waals surface area contributed by atoms with Crippen LogP contribution < -0.4 is 10.6 Å². The molecule has 0 spiro atoms. The second kappa shape index (κ2) is 10.9. The normalized spacial score (nSPS) is 15.6. The maximum atomic E-state index is 12.5. The van der Waals surface area contributed by atoms with E-state index in [0.29, 0.717) is 17.8 Å². The molecule has 1 aliphatic heterocycles. The lowest BCUT2D eigenvalue weighted by atomic mass is 10.0. The van der Waals surface area contributed by atoms with Gasteiger partial charge in [-0.1, -0.05) is 29.8 Å². The van der Waals surface area contributed by atoms with Gasteiger partial charge in [0.25, 0.3) is 0 Å². The molecule has 1 aliphatic rings. The van der Waals surface area contributed by atoms with Crippen LogP contribution in [0.15, 0.2) is 48.5 Å². The molecular weight excluding hydrogens is 408 g/mol. The lowest BCUT2D eigenvalue weighted by Gasteiger charge is -2.38. The zero-order valence-electron chi connectivity index (χ0n) is 18.8. The van der Waals surface area contributed by atoms with E-state index in [9.17, 15) is 14.4 Å². The van der Waals surface area contributed by atoms with E-state index < -0.39 is 17.8 Å². The first kappa shape index (κ1) is 23.4. The number of rotatable bonds is 6. The molecule has 0 bridgehead atoms. The molecule has 32 heavy (non-hydrogen) atoms. The number of benzene rings is 2. The first-order valence-corrected chi connectivity index (χ1v) is 10.6. The molecule has 0 aromatic heterocycles. The molecule has 1 heterocycles. The topological polar surface area (TPSA) is 91.0 Å². The highest BCUT2D eigenvalue weighted by molar-refractivity contribution is 6.39. The number of nitrogens with one attached hydrogen (secondary N) is 2. The summed E-state index contributed by atoms with van der Waals surface area (Å²) in [5.74, 6) is -1.92. The number of carbonyl (C=O) groups is 3. The SMILES string of the molecule is COC(=O)c1ccc(NC(=O)C(=O)NCC(c2ccc(C)cc2)N2CCN(C)CC2)cc1. The van der Waals surface area contributed by atoms with Crippen LogP contribution in [0.2, 0.25) is 0 Å². The first-order chi connectivity index (χ1) is 15.4. The van der Waals surface area contributed by atoms with Crippen LogP contribution in [-0.2, 0) is 14.3 Å². The minimum absolute atomic E-state index is 0.0135. The summed E-state index contributed by atoms with van der Waals surface area (Å²) in [5, 5.41) is 5.34. The Hall–Kier alpha value is -3.23. The third-order valence-corrected chi connectivity index (χ3v) is 5.67. The van der Waals surface area contributed by atoms with E-state index in [2.05, 4.69) is 56.5 Å². The second-order valence-corrected chi connectivity index (χ2v) is 8.00. The van der Waals surface area contributed by atoms with Crippen molar-refractivity contribution >= 4 is 23.5 Å². The average Bonchev–Trinajstić information content (AvgIpc) is 2.81. The maximum absolute atomic E-state index is 12.5. The number of methoxy groups -OCH3 is 1. The van der Waals surface area contributed by atoms with Crippen molar-refractivity contribution in [3.8, 4) is 0 Å². The van der Waals surface area contributed by atoms with Gasteiger partial charge in [-0.2, -0.15) is 0 Å². The fourth-order valence-electron chi connectivity index (χ4n) is 3.64. The predicted molar refractivity (Wildman–Crippen MR) is 122 cm³/mol. The van der Waals surface area contributed by atoms with Crippen molar-refractivity contribution < 1.29 is 19.1 Å². The molecule has 0 aliphatic carbocycles. The molecule has 3 rings (SSSR count). The number of esters is 1. The molecule has 1 unspecified atom stereocenters. The van der Waals surface area contributed by atoms with Crippen molar-refractivity contribution in [3.63, 3.8) is 0 Å². The number of likely N-dealkylation sites (N-methyl/N-ethyl adjacent to an activating group) is 1. The Labute approximate surface area is 188 Å². The highest BCUT2D eigenvalue weighted by Crippen LogP contribution is 2.22. The predicted octanol–water partition coefficient (Wildman–Crippen LogP) is 1.83. The molecular formula is C24H30N4O4. The number of nitrogens with zero attached hydrogens (tertiary/aromatic N) is 2. The van der Waals surface area contributed by atoms with E-state index in [1.807, 2.05) is 6.92 Å². The molecule has 2 aromatic carbocycles. The van der Waals surface area contributed by atoms with E-state index in [4.69, 9.17) is 0 Å². The summed E-state index contributed by atoms with van der Waals surface area (Å²) in [4.78, 5) is 41.0. The molecule has 2 aromatic rings. The van der Waals surface area contributed by atoms with Gasteiger partial charge >= 0.3 is 17.8 Å². The monoisotopic (exact) mass is 438 g/mol. The number of amides is 2. The fourth-order valence-corrected chi connectivity index (χ4v) is 3.64. The smallest absolute Gasteiger partial charge is 0.337 e. The number of hydrogen-bond donors (Lipinski definition) is 2. The molecule has 8 nitrogen and oxygen atoms in total. The Morgan fingerprint density at radius 1 is 0.938 bits per heavy atom. The molecule has 8 heteroatoms. The highest BCUT2D eigenvalue weighted by Gasteiger charge is 2.25. The molecule has 2 amide bonds. The van der Waals surface area contributed by atoms with Crippen molar-refractivity contribution in [2.24, 2.45) is 0 Å². The van der Waals surface area contributed by atoms with Gasteiger partial charge in [-0.3, -0.25) is 14.5 Å². The molecule has 0 saturated carbocycles. The van der Waals surface area contributed by atoms with E-state index in [1.165, 1.54) is 24.8 Å². The van der Waals surface area contributed by atoms with E-state index >= 15 is 0 Å². The largest absolute Gasteiger partial charge is 0.465 e. The highest BCUT2D eigenvalue weighted by atomic mass is 16.5. The Balaban J connectivity index is 1.61. The standard InChI is InChI=1S/C24H30N4O4/c1-17-4-6-18(7-5-17)21(28-14-12-27(2)13-15-28)16-25-22(29)23(30)26-20-10-8-19(9-11-20)24(31)32-3/h4-11,21H,12-16H2,1-3H3,(H,25,29)(H,26,30). The van der Waals surface area contributed by atoms with E-state index in [0.717, 1.165) is 31.7 Å². The molecule has 0 radical (unpaired) electrons. The first-order valence-electron chi connectivity index (χ1n) is 10.6. The summed E-state index contributed by atoms with van der Waals surface area (Å²) < 4.78 is 4.65. The third kappa shape index (κ3) is 6.15. The van der Waals surface area contributed by atoms with Crippen LogP contribution in [0, 0.1) is 6.92 Å². The van der Waals surface area contributed by atoms with Crippen molar-refractivity contribution in [1.29, 1.82) is 0 Å². The van der Waals surface area contributed by atoms with Crippen molar-refractivity contribution in [3.05, 3.63) is 65.2 Å². The lowest BCUT2D eigenvalue weighted by Crippen LogP contribution is -2.49. The van der Waals surface area contributed by atoms with Crippen LogP contribution in [-0.4, -0.2) is 74.5 Å². The Kier molecular flexibility index (Phi) is 7.97. The van der Waals surface area contributed by atoms with Gasteiger partial charge in [0.2, 0.25) is 0 Å². The number of anilines is 1. The summed E-state index contributed by atoms with van der Waals surface area (Å²) in [6, 6.07) is 14.4. The number of ether oxygens (including phenoxy) is 1. The number of piperazine rings is 1. The lowest BCUT2D eigenvalue weighted by molar-refractivity contribution is -0.136. The number of hydrogen-bond acceptors (Lipinski definition) is 6. The Morgan fingerprint density at radius 3 is 2.16 bits per heavy atom. The zero-order valence-corrected chi connectivity index (χ0v) is 18.8. The molecule has 1 atom stereocenters. The van der Waals surface area contributed by atoms with Gasteiger partial charge in [0.05, 0.1) is 18.7 Å². The van der Waals surface area contributed by atoms with Crippen LogP contribution in [0.25, 0.3) is 0 Å². The average molecular weight is 439 g/mol. The van der Waals surface area contributed by atoms with Gasteiger partial charge in [-0.05, 0) is 43.8 Å². The van der Waals surface area contributed by atoms with Crippen molar-refractivity contribution in [2.75, 3.05) is 52.2 Å². The molecule has 170 valence electrons. The minimum atomic E-state index is -0.753. The van der Waals surface area contributed by atoms with Crippen LogP contribution in [0.3, 0.4) is 0 Å². The van der Waals surface area contributed by atoms with Crippen LogP contribution in [0.4, 0.5) is 5.69 Å². The van der Waals surface area contributed by atoms with E-state index in [-0.39, 0.29) is 6.04 Å². The van der Waals surface area contributed by atoms with Crippen molar-refractivity contribution in [2.45, 2.75) is 13.0 Å². The summed E-state index contributed by atoms with van der Waals surface area (Å²) in [6.07, 6.45) is 0. The maximum Gasteiger partial charge on any atom is 0.337 e. The molecule has 1 saturated heterocycles. The van der Waals surface area contributed by atoms with Gasteiger partial charge in [-0.25, -0.2) is 4.79 Å².